The Morgan fingerprint density at radius 2 is 1.09 bits per heavy atom. The first-order valence-corrected chi connectivity index (χ1v) is 17.4. The zero-order chi connectivity index (χ0) is 29.8. The minimum absolute atomic E-state index is 0.151. The van der Waals surface area contributed by atoms with E-state index in [2.05, 4.69) is 20.6 Å². The number of hydrogen-bond donors (Lipinski definition) is 2. The van der Waals surface area contributed by atoms with E-state index in [4.69, 9.17) is 23.2 Å². The smallest absolute Gasteiger partial charge is 0.234 e. The van der Waals surface area contributed by atoms with Crippen LogP contribution in [0.25, 0.3) is 20.4 Å². The van der Waals surface area contributed by atoms with E-state index in [1.165, 1.54) is 23.5 Å². The van der Waals surface area contributed by atoms with E-state index >= 15 is 0 Å². The molecule has 43 heavy (non-hydrogen) atoms. The molecule has 4 aromatic carbocycles. The third-order valence-electron chi connectivity index (χ3n) is 6.23. The Hall–Kier alpha value is -3.12. The summed E-state index contributed by atoms with van der Waals surface area (Å²) in [7, 11) is 0. The maximum absolute atomic E-state index is 12.6. The van der Waals surface area contributed by atoms with E-state index < -0.39 is 0 Å². The topological polar surface area (TPSA) is 84.0 Å². The molecule has 0 spiro atoms. The molecule has 0 aliphatic carbocycles. The van der Waals surface area contributed by atoms with Gasteiger partial charge in [0.25, 0.3) is 0 Å². The highest BCUT2D eigenvalue weighted by Gasteiger charge is 2.13. The SMILES string of the molecule is O=C(CSc1nc2ccccc2s1)Nc1ccc(Cc2ccc(NC(=O)CSc3nc4ccccc4s3)c(Cl)c2)cc1Cl. The van der Waals surface area contributed by atoms with Gasteiger partial charge in [0.1, 0.15) is 0 Å². The van der Waals surface area contributed by atoms with Gasteiger partial charge < -0.3 is 10.6 Å². The van der Waals surface area contributed by atoms with Crippen LogP contribution in [0.3, 0.4) is 0 Å². The van der Waals surface area contributed by atoms with Crippen molar-refractivity contribution in [1.29, 1.82) is 0 Å². The van der Waals surface area contributed by atoms with Crippen LogP contribution in [0.1, 0.15) is 11.1 Å². The molecule has 6 rings (SSSR count). The number of aromatic nitrogens is 2. The summed E-state index contributed by atoms with van der Waals surface area (Å²) in [5.74, 6) is 0.170. The molecule has 0 fully saturated rings. The molecule has 0 saturated heterocycles. The van der Waals surface area contributed by atoms with Gasteiger partial charge in [-0.3, -0.25) is 9.59 Å². The van der Waals surface area contributed by atoms with Gasteiger partial charge in [-0.1, -0.05) is 83.1 Å². The summed E-state index contributed by atoms with van der Waals surface area (Å²) < 4.78 is 3.90. The number of fused-ring (bicyclic) bond motifs is 2. The van der Waals surface area contributed by atoms with Crippen LogP contribution < -0.4 is 10.6 Å². The first-order valence-electron chi connectivity index (χ1n) is 13.0. The van der Waals surface area contributed by atoms with Gasteiger partial charge in [0.05, 0.1) is 53.4 Å². The molecule has 6 nitrogen and oxygen atoms in total. The number of carbonyl (C=O) groups is 2. The lowest BCUT2D eigenvalue weighted by Crippen LogP contribution is -2.14. The summed E-state index contributed by atoms with van der Waals surface area (Å²) in [6.45, 7) is 0. The Labute approximate surface area is 274 Å². The van der Waals surface area contributed by atoms with Gasteiger partial charge >= 0.3 is 0 Å². The molecule has 2 aromatic heterocycles. The van der Waals surface area contributed by atoms with Gasteiger partial charge in [-0.25, -0.2) is 9.97 Å². The van der Waals surface area contributed by atoms with Gasteiger partial charge in [0, 0.05) is 0 Å². The van der Waals surface area contributed by atoms with Crippen LogP contribution in [0.5, 0.6) is 0 Å². The zero-order valence-electron chi connectivity index (χ0n) is 22.3. The molecule has 0 atom stereocenters. The fourth-order valence-corrected chi connectivity index (χ4v) is 8.47. The molecule has 0 aliphatic rings. The minimum Gasteiger partial charge on any atom is -0.324 e. The third kappa shape index (κ3) is 7.70. The number of thiazole rings is 2. The van der Waals surface area contributed by atoms with Crippen LogP contribution in [-0.2, 0) is 16.0 Å². The molecule has 6 aromatic rings. The van der Waals surface area contributed by atoms with Crippen molar-refractivity contribution in [3.63, 3.8) is 0 Å². The van der Waals surface area contributed by atoms with Gasteiger partial charge in [0.2, 0.25) is 11.8 Å². The highest BCUT2D eigenvalue weighted by molar-refractivity contribution is 8.02. The van der Waals surface area contributed by atoms with Crippen molar-refractivity contribution in [3.05, 3.63) is 106 Å². The lowest BCUT2D eigenvalue weighted by Gasteiger charge is -2.11. The van der Waals surface area contributed by atoms with Gasteiger partial charge in [-0.15, -0.1) is 22.7 Å². The number of thioether (sulfide) groups is 2. The van der Waals surface area contributed by atoms with Crippen LogP contribution >= 0.6 is 69.4 Å². The van der Waals surface area contributed by atoms with E-state index in [0.29, 0.717) is 27.8 Å². The van der Waals surface area contributed by atoms with Crippen molar-refractivity contribution in [2.24, 2.45) is 0 Å². The van der Waals surface area contributed by atoms with Crippen LogP contribution in [0, 0.1) is 0 Å². The largest absolute Gasteiger partial charge is 0.324 e. The van der Waals surface area contributed by atoms with Gasteiger partial charge in [-0.05, 0) is 66.1 Å². The predicted molar refractivity (Wildman–Crippen MR) is 184 cm³/mol. The second-order valence-electron chi connectivity index (χ2n) is 9.37. The summed E-state index contributed by atoms with van der Waals surface area (Å²) in [4.78, 5) is 34.2. The number of rotatable bonds is 10. The standard InChI is InChI=1S/C31H22Cl2N4O2S4/c32-20-14-18(9-11-22(20)34-28(38)16-40-30-36-24-5-1-3-7-26(24)42-30)13-19-10-12-23(21(33)15-19)35-29(39)17-41-31-37-25-6-2-4-8-27(25)43-31/h1-12,14-15H,13,16-17H2,(H,34,38)(H,35,39). The molecule has 2 amide bonds. The summed E-state index contributed by atoms with van der Waals surface area (Å²) in [5.41, 5.74) is 4.91. The Morgan fingerprint density at radius 1 is 0.651 bits per heavy atom. The lowest BCUT2D eigenvalue weighted by atomic mass is 10.0. The second kappa shape index (κ2) is 13.7. The quantitative estimate of drug-likeness (QED) is 0.140. The van der Waals surface area contributed by atoms with Crippen molar-refractivity contribution < 1.29 is 9.59 Å². The number of amides is 2. The summed E-state index contributed by atoms with van der Waals surface area (Å²) >= 11 is 19.0. The predicted octanol–water partition coefficient (Wildman–Crippen LogP) is 9.27. The highest BCUT2D eigenvalue weighted by atomic mass is 35.5. The van der Waals surface area contributed by atoms with E-state index in [-0.39, 0.29) is 23.3 Å². The monoisotopic (exact) mass is 680 g/mol. The number of nitrogens with zero attached hydrogens (tertiary/aromatic N) is 2. The summed E-state index contributed by atoms with van der Waals surface area (Å²) in [6, 6.07) is 26.9. The molecule has 2 N–H and O–H groups in total. The van der Waals surface area contributed by atoms with Crippen molar-refractivity contribution >= 4 is 113 Å². The summed E-state index contributed by atoms with van der Waals surface area (Å²) in [5, 5.41) is 6.68. The Bertz CT molecular complexity index is 1750. The number of anilines is 2. The Kier molecular flexibility index (Phi) is 9.52. The maximum Gasteiger partial charge on any atom is 0.234 e. The van der Waals surface area contributed by atoms with Crippen molar-refractivity contribution in [3.8, 4) is 0 Å². The molecular weight excluding hydrogens is 660 g/mol. The van der Waals surface area contributed by atoms with Crippen molar-refractivity contribution in [1.82, 2.24) is 9.97 Å². The molecule has 0 unspecified atom stereocenters. The fraction of sp³-hybridized carbons (Fsp3) is 0.0968. The van der Waals surface area contributed by atoms with Gasteiger partial charge in [0.15, 0.2) is 8.68 Å². The van der Waals surface area contributed by atoms with E-state index in [1.807, 2.05) is 72.8 Å². The van der Waals surface area contributed by atoms with E-state index in [9.17, 15) is 9.59 Å². The fourth-order valence-electron chi connectivity index (χ4n) is 4.23. The Morgan fingerprint density at radius 3 is 1.51 bits per heavy atom. The number of para-hydroxylation sites is 2. The lowest BCUT2D eigenvalue weighted by molar-refractivity contribution is -0.114. The van der Waals surface area contributed by atoms with Crippen LogP contribution in [0.15, 0.2) is 93.6 Å². The average molecular weight is 682 g/mol. The van der Waals surface area contributed by atoms with Crippen LogP contribution in [0.2, 0.25) is 10.0 Å². The molecule has 0 aliphatic heterocycles. The van der Waals surface area contributed by atoms with Crippen molar-refractivity contribution in [2.45, 2.75) is 15.1 Å². The first-order chi connectivity index (χ1) is 20.9. The maximum atomic E-state index is 12.6. The Balaban J connectivity index is 1.000. The molecule has 0 saturated carbocycles. The average Bonchev–Trinajstić information content (AvgIpc) is 3.61. The number of hydrogen-bond acceptors (Lipinski definition) is 8. The number of nitrogens with one attached hydrogen (secondary N) is 2. The first kappa shape index (κ1) is 29.9. The second-order valence-corrected chi connectivity index (χ2v) is 14.7. The van der Waals surface area contributed by atoms with Gasteiger partial charge in [-0.2, -0.15) is 0 Å². The zero-order valence-corrected chi connectivity index (χ0v) is 27.1. The molecule has 12 heteroatoms. The number of carbonyl (C=O) groups excluding carboxylic acids is 2. The minimum atomic E-state index is -0.151. The molecule has 0 radical (unpaired) electrons. The number of halogens is 2. The molecular formula is C31H22Cl2N4O2S4. The molecule has 216 valence electrons. The van der Waals surface area contributed by atoms with E-state index in [0.717, 1.165) is 40.2 Å². The molecule has 2 heterocycles. The number of benzene rings is 4. The van der Waals surface area contributed by atoms with Crippen molar-refractivity contribution in [2.75, 3.05) is 22.1 Å². The van der Waals surface area contributed by atoms with Crippen LogP contribution in [0.4, 0.5) is 11.4 Å². The molecule has 0 bridgehead atoms. The van der Waals surface area contributed by atoms with Crippen LogP contribution in [-0.4, -0.2) is 33.3 Å². The third-order valence-corrected chi connectivity index (χ3v) is 11.2. The van der Waals surface area contributed by atoms with E-state index in [1.54, 1.807) is 34.8 Å². The highest BCUT2D eigenvalue weighted by Crippen LogP contribution is 2.32. The normalized spacial score (nSPS) is 11.2. The summed E-state index contributed by atoms with van der Waals surface area (Å²) in [6.07, 6.45) is 0.586.